The van der Waals surface area contributed by atoms with Gasteiger partial charge in [-0.1, -0.05) is 24.3 Å². The number of rotatable bonds is 1. The van der Waals surface area contributed by atoms with Crippen LogP contribution in [0.5, 0.6) is 0 Å². The van der Waals surface area contributed by atoms with E-state index in [4.69, 9.17) is 0 Å². The van der Waals surface area contributed by atoms with Gasteiger partial charge >= 0.3 is 0 Å². The average molecular weight is 243 g/mol. The van der Waals surface area contributed by atoms with E-state index in [2.05, 4.69) is 12.1 Å². The SMILES string of the molecule is O=C1CCN(C(=O)[C@@H]2CCc3ccccc32)CC1. The molecule has 18 heavy (non-hydrogen) atoms. The van der Waals surface area contributed by atoms with Crippen LogP contribution in [-0.2, 0) is 16.0 Å². The third kappa shape index (κ3) is 1.94. The number of hydrogen-bond donors (Lipinski definition) is 0. The van der Waals surface area contributed by atoms with E-state index in [-0.39, 0.29) is 17.6 Å². The van der Waals surface area contributed by atoms with E-state index in [1.54, 1.807) is 0 Å². The Bertz CT molecular complexity index is 485. The maximum absolute atomic E-state index is 12.5. The van der Waals surface area contributed by atoms with E-state index >= 15 is 0 Å². The minimum absolute atomic E-state index is 0.0226. The van der Waals surface area contributed by atoms with Crippen molar-refractivity contribution in [2.24, 2.45) is 0 Å². The predicted molar refractivity (Wildman–Crippen MR) is 68.3 cm³/mol. The Labute approximate surface area is 107 Å². The van der Waals surface area contributed by atoms with Crippen molar-refractivity contribution in [2.75, 3.05) is 13.1 Å². The fourth-order valence-corrected chi connectivity index (χ4v) is 3.01. The third-order valence-corrected chi connectivity index (χ3v) is 4.06. The molecule has 0 radical (unpaired) electrons. The molecule has 3 nitrogen and oxygen atoms in total. The predicted octanol–water partition coefficient (Wildman–Crippen LogP) is 1.91. The lowest BCUT2D eigenvalue weighted by molar-refractivity contribution is -0.135. The minimum Gasteiger partial charge on any atom is -0.341 e. The highest BCUT2D eigenvalue weighted by atomic mass is 16.2. The van der Waals surface area contributed by atoms with E-state index < -0.39 is 0 Å². The maximum atomic E-state index is 12.5. The second-order valence-electron chi connectivity index (χ2n) is 5.15. The van der Waals surface area contributed by atoms with Gasteiger partial charge in [0.15, 0.2) is 0 Å². The van der Waals surface area contributed by atoms with Crippen LogP contribution in [0.4, 0.5) is 0 Å². The van der Waals surface area contributed by atoms with Crippen LogP contribution in [0.2, 0.25) is 0 Å². The smallest absolute Gasteiger partial charge is 0.230 e. The van der Waals surface area contributed by atoms with E-state index in [0.29, 0.717) is 25.9 Å². The molecule has 1 fully saturated rings. The average Bonchev–Trinajstić information content (AvgIpc) is 2.82. The van der Waals surface area contributed by atoms with Crippen molar-refractivity contribution in [1.29, 1.82) is 0 Å². The van der Waals surface area contributed by atoms with Crippen LogP contribution in [0.1, 0.15) is 36.3 Å². The van der Waals surface area contributed by atoms with E-state index in [1.165, 1.54) is 11.1 Å². The molecule has 0 N–H and O–H groups in total. The first kappa shape index (κ1) is 11.5. The summed E-state index contributed by atoms with van der Waals surface area (Å²) < 4.78 is 0. The molecule has 3 rings (SSSR count). The van der Waals surface area contributed by atoms with Gasteiger partial charge in [-0.15, -0.1) is 0 Å². The number of Topliss-reactive ketones (excluding diaryl/α,β-unsaturated/α-hetero) is 1. The highest BCUT2D eigenvalue weighted by molar-refractivity contribution is 5.87. The van der Waals surface area contributed by atoms with Gasteiger partial charge in [0.25, 0.3) is 0 Å². The molecule has 1 amide bonds. The zero-order chi connectivity index (χ0) is 12.5. The Balaban J connectivity index is 1.76. The number of fused-ring (bicyclic) bond motifs is 1. The summed E-state index contributed by atoms with van der Waals surface area (Å²) in [5, 5.41) is 0. The highest BCUT2D eigenvalue weighted by Gasteiger charge is 2.32. The summed E-state index contributed by atoms with van der Waals surface area (Å²) >= 11 is 0. The fourth-order valence-electron chi connectivity index (χ4n) is 3.01. The molecule has 1 heterocycles. The van der Waals surface area contributed by atoms with Gasteiger partial charge < -0.3 is 4.90 Å². The van der Waals surface area contributed by atoms with Crippen molar-refractivity contribution in [3.63, 3.8) is 0 Å². The van der Waals surface area contributed by atoms with Crippen LogP contribution in [0, 0.1) is 0 Å². The molecule has 0 spiro atoms. The van der Waals surface area contributed by atoms with Crippen molar-refractivity contribution in [2.45, 2.75) is 31.6 Å². The molecule has 3 heteroatoms. The lowest BCUT2D eigenvalue weighted by Crippen LogP contribution is -2.40. The first-order valence-electron chi connectivity index (χ1n) is 6.64. The van der Waals surface area contributed by atoms with Gasteiger partial charge in [0, 0.05) is 25.9 Å². The summed E-state index contributed by atoms with van der Waals surface area (Å²) in [4.78, 5) is 25.6. The zero-order valence-corrected chi connectivity index (χ0v) is 10.4. The number of carbonyl (C=O) groups is 2. The van der Waals surface area contributed by atoms with Crippen molar-refractivity contribution in [1.82, 2.24) is 4.90 Å². The molecule has 2 aliphatic rings. The van der Waals surface area contributed by atoms with Crippen LogP contribution < -0.4 is 0 Å². The number of aryl methyl sites for hydroxylation is 1. The number of likely N-dealkylation sites (tertiary alicyclic amines) is 1. The number of nitrogens with zero attached hydrogens (tertiary/aromatic N) is 1. The summed E-state index contributed by atoms with van der Waals surface area (Å²) in [7, 11) is 0. The summed E-state index contributed by atoms with van der Waals surface area (Å²) in [5.74, 6) is 0.521. The van der Waals surface area contributed by atoms with Gasteiger partial charge in [0.05, 0.1) is 5.92 Å². The minimum atomic E-state index is 0.0226. The fraction of sp³-hybridized carbons (Fsp3) is 0.467. The summed E-state index contributed by atoms with van der Waals surface area (Å²) in [6.07, 6.45) is 2.97. The molecule has 1 saturated heterocycles. The first-order valence-corrected chi connectivity index (χ1v) is 6.64. The molecule has 1 atom stereocenters. The first-order chi connectivity index (χ1) is 8.75. The standard InChI is InChI=1S/C15H17NO2/c17-12-7-9-16(10-8-12)15(18)14-6-5-11-3-1-2-4-13(11)14/h1-4,14H,5-10H2/t14-/m1/s1. The summed E-state index contributed by atoms with van der Waals surface area (Å²) in [5.41, 5.74) is 2.50. The van der Waals surface area contributed by atoms with Crippen LogP contribution in [-0.4, -0.2) is 29.7 Å². The van der Waals surface area contributed by atoms with E-state index in [9.17, 15) is 9.59 Å². The van der Waals surface area contributed by atoms with Gasteiger partial charge in [-0.3, -0.25) is 9.59 Å². The number of piperidine rings is 1. The lowest BCUT2D eigenvalue weighted by Gasteiger charge is -2.28. The van der Waals surface area contributed by atoms with Crippen LogP contribution in [0.25, 0.3) is 0 Å². The molecule has 94 valence electrons. The molecule has 1 aromatic carbocycles. The Morgan fingerprint density at radius 2 is 1.83 bits per heavy atom. The zero-order valence-electron chi connectivity index (χ0n) is 10.4. The highest BCUT2D eigenvalue weighted by Crippen LogP contribution is 2.34. The number of ketones is 1. The largest absolute Gasteiger partial charge is 0.341 e. The summed E-state index contributed by atoms with van der Waals surface area (Å²) in [6.45, 7) is 1.21. The quantitative estimate of drug-likeness (QED) is 0.755. The second kappa shape index (κ2) is 4.56. The Morgan fingerprint density at radius 1 is 1.11 bits per heavy atom. The van der Waals surface area contributed by atoms with Crippen molar-refractivity contribution in [3.8, 4) is 0 Å². The third-order valence-electron chi connectivity index (χ3n) is 4.06. The molecule has 1 aliphatic carbocycles. The van der Waals surface area contributed by atoms with Crippen LogP contribution >= 0.6 is 0 Å². The molecular weight excluding hydrogens is 226 g/mol. The van der Waals surface area contributed by atoms with Gasteiger partial charge in [0.1, 0.15) is 5.78 Å². The topological polar surface area (TPSA) is 37.4 Å². The Hall–Kier alpha value is -1.64. The number of carbonyl (C=O) groups excluding carboxylic acids is 2. The van der Waals surface area contributed by atoms with Gasteiger partial charge in [0.2, 0.25) is 5.91 Å². The van der Waals surface area contributed by atoms with E-state index in [1.807, 2.05) is 17.0 Å². The number of hydrogen-bond acceptors (Lipinski definition) is 2. The van der Waals surface area contributed by atoms with Crippen molar-refractivity contribution < 1.29 is 9.59 Å². The Kier molecular flexibility index (Phi) is 2.90. The molecule has 0 aromatic heterocycles. The second-order valence-corrected chi connectivity index (χ2v) is 5.15. The normalized spacial score (nSPS) is 23.0. The summed E-state index contributed by atoms with van der Waals surface area (Å²) in [6, 6.07) is 8.22. The van der Waals surface area contributed by atoms with Gasteiger partial charge in [-0.05, 0) is 24.0 Å². The van der Waals surface area contributed by atoms with Crippen molar-refractivity contribution in [3.05, 3.63) is 35.4 Å². The number of amides is 1. The molecule has 0 saturated carbocycles. The molecule has 0 unspecified atom stereocenters. The monoisotopic (exact) mass is 243 g/mol. The van der Waals surface area contributed by atoms with Crippen molar-refractivity contribution >= 4 is 11.7 Å². The van der Waals surface area contributed by atoms with Crippen LogP contribution in [0.3, 0.4) is 0 Å². The number of benzene rings is 1. The lowest BCUT2D eigenvalue weighted by atomic mass is 9.98. The molecule has 1 aliphatic heterocycles. The maximum Gasteiger partial charge on any atom is 0.230 e. The van der Waals surface area contributed by atoms with Gasteiger partial charge in [-0.2, -0.15) is 0 Å². The molecular formula is C15H17NO2. The van der Waals surface area contributed by atoms with Gasteiger partial charge in [-0.25, -0.2) is 0 Å². The Morgan fingerprint density at radius 3 is 2.61 bits per heavy atom. The van der Waals surface area contributed by atoms with E-state index in [0.717, 1.165) is 12.8 Å². The molecule has 1 aromatic rings. The van der Waals surface area contributed by atoms with Crippen LogP contribution in [0.15, 0.2) is 24.3 Å². The molecule has 0 bridgehead atoms.